The van der Waals surface area contributed by atoms with Gasteiger partial charge in [-0.3, -0.25) is 0 Å². The highest BCUT2D eigenvalue weighted by Gasteiger charge is 2.62. The van der Waals surface area contributed by atoms with Crippen LogP contribution in [0.2, 0.25) is 0 Å². The van der Waals surface area contributed by atoms with Gasteiger partial charge in [0.05, 0.1) is 11.4 Å². The number of fused-ring (bicyclic) bond motifs is 3. The van der Waals surface area contributed by atoms with Gasteiger partial charge in [-0.25, -0.2) is 0 Å². The molecule has 0 saturated heterocycles. The van der Waals surface area contributed by atoms with Crippen LogP contribution in [0, 0.1) is 27.7 Å². The van der Waals surface area contributed by atoms with Crippen molar-refractivity contribution < 1.29 is 0 Å². The molecule has 6 aromatic carbocycles. The maximum Gasteiger partial charge on any atom is 0.0520 e. The number of rotatable bonds is 12. The number of benzene rings is 6. The third-order valence-corrected chi connectivity index (χ3v) is 14.4. The van der Waals surface area contributed by atoms with Gasteiger partial charge in [-0.1, -0.05) is 112 Å². The molecule has 2 nitrogen and oxygen atoms in total. The summed E-state index contributed by atoms with van der Waals surface area (Å²) in [6.07, 6.45) is 14.8. The van der Waals surface area contributed by atoms with Crippen molar-refractivity contribution in [2.75, 3.05) is 9.80 Å². The van der Waals surface area contributed by atoms with Gasteiger partial charge < -0.3 is 9.80 Å². The number of hydrogen-bond donors (Lipinski definition) is 0. The first-order chi connectivity index (χ1) is 28.3. The first-order valence-electron chi connectivity index (χ1n) is 22.5. The van der Waals surface area contributed by atoms with Crippen molar-refractivity contribution in [1.82, 2.24) is 0 Å². The van der Waals surface area contributed by atoms with Gasteiger partial charge in [-0.15, -0.1) is 0 Å². The lowest BCUT2D eigenvalue weighted by Gasteiger charge is -2.48. The Morgan fingerprint density at radius 3 is 1.14 bits per heavy atom. The Morgan fingerprint density at radius 1 is 0.431 bits per heavy atom. The SMILES string of the molecule is CCCCc1cc(C)c(N(c2ccccc2)c2ccc3c(c2)C24CCCC2(CCC4)c2cc(N(c4ccccc4)c4c(C)cc(CCCC)cc4C)ccc2-3)c(C)c1. The van der Waals surface area contributed by atoms with Crippen LogP contribution < -0.4 is 9.80 Å². The Balaban J connectivity index is 1.21. The zero-order chi connectivity index (χ0) is 40.0. The second-order valence-corrected chi connectivity index (χ2v) is 18.0. The van der Waals surface area contributed by atoms with E-state index in [-0.39, 0.29) is 10.8 Å². The van der Waals surface area contributed by atoms with Crippen LogP contribution >= 0.6 is 0 Å². The highest BCUT2D eigenvalue weighted by atomic mass is 15.2. The van der Waals surface area contributed by atoms with E-state index in [4.69, 9.17) is 0 Å². The molecule has 0 amide bonds. The van der Waals surface area contributed by atoms with Gasteiger partial charge in [0.15, 0.2) is 0 Å². The van der Waals surface area contributed by atoms with E-state index in [0.717, 1.165) is 12.8 Å². The topological polar surface area (TPSA) is 6.48 Å². The molecule has 3 aliphatic carbocycles. The summed E-state index contributed by atoms with van der Waals surface area (Å²) < 4.78 is 0. The molecular weight excluding hydrogens is 701 g/mol. The standard InChI is InChI=1S/C56H62N2/c1-7-9-19-43-33-39(3)53(40(4)34-43)57(45-21-13-11-14-22-45)47-25-27-49-50-28-26-48(38-52(50)56-31-17-29-55(56,30-18-32-56)51(49)37-47)58(46-23-15-12-16-24-46)54-41(5)35-44(20-10-8-2)36-42(54)6/h11-16,21-28,33-38H,7-10,17-20,29-32H2,1-6H3. The van der Waals surface area contributed by atoms with E-state index in [1.54, 1.807) is 11.1 Å². The third kappa shape index (κ3) is 6.30. The molecule has 2 heteroatoms. The summed E-state index contributed by atoms with van der Waals surface area (Å²) in [6.45, 7) is 13.9. The van der Waals surface area contributed by atoms with Crippen molar-refractivity contribution >= 4 is 34.1 Å². The Hall–Kier alpha value is -5.08. The summed E-state index contributed by atoms with van der Waals surface area (Å²) in [6, 6.07) is 47.1. The third-order valence-electron chi connectivity index (χ3n) is 14.4. The molecule has 58 heavy (non-hydrogen) atoms. The maximum atomic E-state index is 2.64. The molecule has 2 fully saturated rings. The fraction of sp³-hybridized carbons (Fsp3) is 0.357. The fourth-order valence-electron chi connectivity index (χ4n) is 12.1. The van der Waals surface area contributed by atoms with Crippen LogP contribution in [0.5, 0.6) is 0 Å². The van der Waals surface area contributed by atoms with Crippen LogP contribution in [-0.4, -0.2) is 0 Å². The molecule has 2 saturated carbocycles. The molecule has 296 valence electrons. The van der Waals surface area contributed by atoms with Crippen molar-refractivity contribution in [3.8, 4) is 11.1 Å². The molecule has 0 spiro atoms. The van der Waals surface area contributed by atoms with Gasteiger partial charge in [0.25, 0.3) is 0 Å². The number of aryl methyl sites for hydroxylation is 6. The fourth-order valence-corrected chi connectivity index (χ4v) is 12.1. The predicted octanol–water partition coefficient (Wildman–Crippen LogP) is 16.1. The monoisotopic (exact) mass is 762 g/mol. The minimum atomic E-state index is 0.144. The predicted molar refractivity (Wildman–Crippen MR) is 248 cm³/mol. The average Bonchev–Trinajstić information content (AvgIpc) is 3.81. The molecule has 6 aromatic rings. The second kappa shape index (κ2) is 15.6. The maximum absolute atomic E-state index is 2.64. The Labute approximate surface area is 349 Å². The number of unbranched alkanes of at least 4 members (excludes halogenated alkanes) is 2. The lowest BCUT2D eigenvalue weighted by Crippen LogP contribution is -2.43. The molecule has 0 heterocycles. The van der Waals surface area contributed by atoms with E-state index in [9.17, 15) is 0 Å². The smallest absolute Gasteiger partial charge is 0.0520 e. The number of nitrogens with zero attached hydrogens (tertiary/aromatic N) is 2. The summed E-state index contributed by atoms with van der Waals surface area (Å²) in [4.78, 5) is 5.12. The molecule has 0 N–H and O–H groups in total. The van der Waals surface area contributed by atoms with Gasteiger partial charge >= 0.3 is 0 Å². The summed E-state index contributed by atoms with van der Waals surface area (Å²) in [5, 5.41) is 0. The van der Waals surface area contributed by atoms with E-state index in [1.807, 2.05) is 0 Å². The van der Waals surface area contributed by atoms with Crippen molar-refractivity contribution in [3.63, 3.8) is 0 Å². The normalized spacial score (nSPS) is 19.0. The molecule has 0 unspecified atom stereocenters. The van der Waals surface area contributed by atoms with Crippen molar-refractivity contribution in [3.05, 3.63) is 166 Å². The zero-order valence-corrected chi connectivity index (χ0v) is 35.9. The van der Waals surface area contributed by atoms with E-state index >= 15 is 0 Å². The van der Waals surface area contributed by atoms with Gasteiger partial charge in [-0.05, 0) is 183 Å². The number of para-hydroxylation sites is 2. The Bertz CT molecular complexity index is 2210. The van der Waals surface area contributed by atoms with Crippen LogP contribution in [0.15, 0.2) is 121 Å². The molecule has 9 rings (SSSR count). The van der Waals surface area contributed by atoms with Gasteiger partial charge in [-0.2, -0.15) is 0 Å². The van der Waals surface area contributed by atoms with E-state index in [2.05, 4.69) is 173 Å². The van der Waals surface area contributed by atoms with Crippen LogP contribution in [0.25, 0.3) is 11.1 Å². The second-order valence-electron chi connectivity index (χ2n) is 18.0. The minimum Gasteiger partial charge on any atom is -0.310 e. The molecule has 0 aliphatic heterocycles. The van der Waals surface area contributed by atoms with Crippen LogP contribution in [0.1, 0.15) is 123 Å². The first kappa shape index (κ1) is 38.4. The highest BCUT2D eigenvalue weighted by molar-refractivity contribution is 5.88. The van der Waals surface area contributed by atoms with E-state index < -0.39 is 0 Å². The number of anilines is 6. The molecule has 0 radical (unpaired) electrons. The van der Waals surface area contributed by atoms with Crippen LogP contribution in [0.4, 0.5) is 34.1 Å². The largest absolute Gasteiger partial charge is 0.310 e. The van der Waals surface area contributed by atoms with Gasteiger partial charge in [0.1, 0.15) is 0 Å². The highest BCUT2D eigenvalue weighted by Crippen LogP contribution is 2.70. The lowest BCUT2D eigenvalue weighted by atomic mass is 9.55. The summed E-state index contributed by atoms with van der Waals surface area (Å²) in [5.41, 5.74) is 22.3. The van der Waals surface area contributed by atoms with Crippen LogP contribution in [0.3, 0.4) is 0 Å². The summed E-state index contributed by atoms with van der Waals surface area (Å²) in [7, 11) is 0. The van der Waals surface area contributed by atoms with Gasteiger partial charge in [0.2, 0.25) is 0 Å². The number of hydrogen-bond acceptors (Lipinski definition) is 2. The Morgan fingerprint density at radius 2 is 0.793 bits per heavy atom. The molecule has 0 aromatic heterocycles. The first-order valence-corrected chi connectivity index (χ1v) is 22.5. The average molecular weight is 763 g/mol. The quantitative estimate of drug-likeness (QED) is 0.122. The lowest BCUT2D eigenvalue weighted by molar-refractivity contribution is 0.299. The van der Waals surface area contributed by atoms with Crippen molar-refractivity contribution in [2.24, 2.45) is 0 Å². The molecule has 0 bridgehead atoms. The Kier molecular flexibility index (Phi) is 10.3. The molecule has 0 atom stereocenters. The van der Waals surface area contributed by atoms with E-state index in [0.29, 0.717) is 0 Å². The molecular formula is C56H62N2. The summed E-state index contributed by atoms with van der Waals surface area (Å²) in [5.74, 6) is 0. The van der Waals surface area contributed by atoms with Crippen molar-refractivity contribution in [1.29, 1.82) is 0 Å². The summed E-state index contributed by atoms with van der Waals surface area (Å²) >= 11 is 0. The zero-order valence-electron chi connectivity index (χ0n) is 35.9. The minimum absolute atomic E-state index is 0.144. The van der Waals surface area contributed by atoms with Gasteiger partial charge in [0, 0.05) is 33.6 Å². The van der Waals surface area contributed by atoms with E-state index in [1.165, 1.54) is 143 Å². The molecule has 3 aliphatic rings. The van der Waals surface area contributed by atoms with Crippen LogP contribution in [-0.2, 0) is 23.7 Å². The van der Waals surface area contributed by atoms with Crippen molar-refractivity contribution in [2.45, 2.75) is 129 Å².